The number of pyridine rings is 1. The van der Waals surface area contributed by atoms with Crippen molar-refractivity contribution in [3.05, 3.63) is 30.1 Å². The number of urea groups is 1. The summed E-state index contributed by atoms with van der Waals surface area (Å²) >= 11 is 0. The molecule has 3 rings (SSSR count). The Labute approximate surface area is 149 Å². The van der Waals surface area contributed by atoms with Crippen LogP contribution in [-0.4, -0.2) is 54.9 Å². The van der Waals surface area contributed by atoms with Gasteiger partial charge in [0.25, 0.3) is 0 Å². The molecule has 1 N–H and O–H groups in total. The topological polar surface area (TPSA) is 63.7 Å². The van der Waals surface area contributed by atoms with Crippen LogP contribution < -0.4 is 5.32 Å². The van der Waals surface area contributed by atoms with Crippen molar-refractivity contribution in [3.8, 4) is 0 Å². The number of piperidine rings is 1. The minimum atomic E-state index is 0.0555. The van der Waals surface area contributed by atoms with E-state index in [1.54, 1.807) is 6.20 Å². The average Bonchev–Trinajstić information content (AvgIpc) is 2.68. The van der Waals surface area contributed by atoms with E-state index < -0.39 is 0 Å². The molecule has 2 saturated heterocycles. The minimum Gasteiger partial charge on any atom is -0.381 e. The SMILES string of the molecule is O=C(NCC[C@@H]1CCCOC1)N1CCC(OCc2ccccn2)CC1. The van der Waals surface area contributed by atoms with Gasteiger partial charge in [0.15, 0.2) is 0 Å². The van der Waals surface area contributed by atoms with E-state index in [1.807, 2.05) is 23.1 Å². The predicted molar refractivity (Wildman–Crippen MR) is 95.2 cm³/mol. The Balaban J connectivity index is 1.29. The van der Waals surface area contributed by atoms with Crippen molar-refractivity contribution < 1.29 is 14.3 Å². The summed E-state index contributed by atoms with van der Waals surface area (Å²) < 4.78 is 11.4. The highest BCUT2D eigenvalue weighted by Gasteiger charge is 2.23. The third-order valence-corrected chi connectivity index (χ3v) is 5.01. The molecule has 0 saturated carbocycles. The smallest absolute Gasteiger partial charge is 0.317 e. The molecule has 0 unspecified atom stereocenters. The average molecular weight is 347 g/mol. The van der Waals surface area contributed by atoms with Crippen molar-refractivity contribution in [2.45, 2.75) is 44.8 Å². The van der Waals surface area contributed by atoms with Gasteiger partial charge in [-0.1, -0.05) is 6.07 Å². The number of ether oxygens (including phenoxy) is 2. The highest BCUT2D eigenvalue weighted by molar-refractivity contribution is 5.74. The normalized spacial score (nSPS) is 21.9. The fourth-order valence-corrected chi connectivity index (χ4v) is 3.44. The number of likely N-dealkylation sites (tertiary alicyclic amines) is 1. The van der Waals surface area contributed by atoms with Gasteiger partial charge in [-0.25, -0.2) is 4.79 Å². The monoisotopic (exact) mass is 347 g/mol. The summed E-state index contributed by atoms with van der Waals surface area (Å²) in [7, 11) is 0. The van der Waals surface area contributed by atoms with Crippen LogP contribution in [0, 0.1) is 5.92 Å². The molecule has 6 heteroatoms. The van der Waals surface area contributed by atoms with Crippen LogP contribution >= 0.6 is 0 Å². The quantitative estimate of drug-likeness (QED) is 0.859. The fraction of sp³-hybridized carbons (Fsp3) is 0.684. The van der Waals surface area contributed by atoms with Crippen LogP contribution in [0.25, 0.3) is 0 Å². The van der Waals surface area contributed by atoms with Gasteiger partial charge in [-0.2, -0.15) is 0 Å². The van der Waals surface area contributed by atoms with Gasteiger partial charge in [0.05, 0.1) is 18.4 Å². The van der Waals surface area contributed by atoms with E-state index in [0.29, 0.717) is 12.5 Å². The highest BCUT2D eigenvalue weighted by atomic mass is 16.5. The summed E-state index contributed by atoms with van der Waals surface area (Å²) in [4.78, 5) is 18.4. The lowest BCUT2D eigenvalue weighted by atomic mass is 9.99. The number of amides is 2. The highest BCUT2D eigenvalue weighted by Crippen LogP contribution is 2.17. The van der Waals surface area contributed by atoms with Gasteiger partial charge in [-0.3, -0.25) is 4.98 Å². The Kier molecular flexibility index (Phi) is 7.06. The maximum absolute atomic E-state index is 12.3. The lowest BCUT2D eigenvalue weighted by Gasteiger charge is -2.32. The maximum Gasteiger partial charge on any atom is 0.317 e. The van der Waals surface area contributed by atoms with E-state index >= 15 is 0 Å². The molecular weight excluding hydrogens is 318 g/mol. The molecule has 0 bridgehead atoms. The van der Waals surface area contributed by atoms with Crippen LogP contribution in [0.1, 0.15) is 37.8 Å². The van der Waals surface area contributed by atoms with Crippen LogP contribution in [0.15, 0.2) is 24.4 Å². The summed E-state index contributed by atoms with van der Waals surface area (Å²) in [6.45, 7) is 4.52. The number of carbonyl (C=O) groups is 1. The van der Waals surface area contributed by atoms with Crippen molar-refractivity contribution >= 4 is 6.03 Å². The Morgan fingerprint density at radius 1 is 1.32 bits per heavy atom. The van der Waals surface area contributed by atoms with E-state index in [0.717, 1.165) is 64.2 Å². The van der Waals surface area contributed by atoms with E-state index in [9.17, 15) is 4.79 Å². The molecule has 2 aliphatic heterocycles. The summed E-state index contributed by atoms with van der Waals surface area (Å²) in [5.74, 6) is 0.597. The Morgan fingerprint density at radius 2 is 2.20 bits per heavy atom. The molecule has 1 atom stereocenters. The number of aromatic nitrogens is 1. The maximum atomic E-state index is 12.3. The van der Waals surface area contributed by atoms with E-state index in [2.05, 4.69) is 10.3 Å². The fourth-order valence-electron chi connectivity index (χ4n) is 3.44. The van der Waals surface area contributed by atoms with E-state index in [1.165, 1.54) is 6.42 Å². The molecule has 0 aromatic carbocycles. The second kappa shape index (κ2) is 9.73. The van der Waals surface area contributed by atoms with Gasteiger partial charge in [0.2, 0.25) is 0 Å². The standard InChI is InChI=1S/C19H29N3O3/c23-19(21-10-6-16-4-3-13-24-14-16)22-11-7-18(8-12-22)25-15-17-5-1-2-9-20-17/h1-2,5,9,16,18H,3-4,6-8,10-15H2,(H,21,23)/t16-/m0/s1. The molecule has 2 aliphatic rings. The van der Waals surface area contributed by atoms with Gasteiger partial charge in [-0.05, 0) is 50.2 Å². The molecule has 0 aliphatic carbocycles. The van der Waals surface area contributed by atoms with Crippen LogP contribution in [0.5, 0.6) is 0 Å². The second-order valence-electron chi connectivity index (χ2n) is 6.92. The molecule has 3 heterocycles. The molecule has 138 valence electrons. The molecule has 25 heavy (non-hydrogen) atoms. The number of hydrogen-bond acceptors (Lipinski definition) is 4. The van der Waals surface area contributed by atoms with Crippen LogP contribution in [-0.2, 0) is 16.1 Å². The van der Waals surface area contributed by atoms with Gasteiger partial charge < -0.3 is 19.7 Å². The van der Waals surface area contributed by atoms with Crippen LogP contribution in [0.3, 0.4) is 0 Å². The lowest BCUT2D eigenvalue weighted by molar-refractivity contribution is 0.00299. The number of hydrogen-bond donors (Lipinski definition) is 1. The lowest BCUT2D eigenvalue weighted by Crippen LogP contribution is -2.46. The van der Waals surface area contributed by atoms with Crippen molar-refractivity contribution in [1.82, 2.24) is 15.2 Å². The molecule has 0 spiro atoms. The molecule has 2 amide bonds. The van der Waals surface area contributed by atoms with Crippen molar-refractivity contribution in [2.75, 3.05) is 32.8 Å². The zero-order chi connectivity index (χ0) is 17.3. The largest absolute Gasteiger partial charge is 0.381 e. The number of nitrogens with one attached hydrogen (secondary N) is 1. The first-order chi connectivity index (χ1) is 12.3. The van der Waals surface area contributed by atoms with E-state index in [-0.39, 0.29) is 12.1 Å². The Morgan fingerprint density at radius 3 is 2.92 bits per heavy atom. The molecular formula is C19H29N3O3. The van der Waals surface area contributed by atoms with Gasteiger partial charge in [-0.15, -0.1) is 0 Å². The number of carbonyl (C=O) groups excluding carboxylic acids is 1. The minimum absolute atomic E-state index is 0.0555. The molecule has 1 aromatic heterocycles. The van der Waals surface area contributed by atoms with Crippen molar-refractivity contribution in [1.29, 1.82) is 0 Å². The molecule has 6 nitrogen and oxygen atoms in total. The van der Waals surface area contributed by atoms with Crippen LogP contribution in [0.4, 0.5) is 4.79 Å². The molecule has 1 aromatic rings. The van der Waals surface area contributed by atoms with Crippen molar-refractivity contribution in [2.24, 2.45) is 5.92 Å². The zero-order valence-corrected chi connectivity index (χ0v) is 14.9. The summed E-state index contributed by atoms with van der Waals surface area (Å²) in [5.41, 5.74) is 0.953. The number of nitrogens with zero attached hydrogens (tertiary/aromatic N) is 2. The van der Waals surface area contributed by atoms with E-state index in [4.69, 9.17) is 9.47 Å². The number of rotatable bonds is 6. The second-order valence-corrected chi connectivity index (χ2v) is 6.92. The van der Waals surface area contributed by atoms with Gasteiger partial charge in [0, 0.05) is 39.0 Å². The summed E-state index contributed by atoms with van der Waals surface area (Å²) in [6, 6.07) is 5.90. The zero-order valence-electron chi connectivity index (χ0n) is 14.9. The van der Waals surface area contributed by atoms with Gasteiger partial charge in [0.1, 0.15) is 0 Å². The summed E-state index contributed by atoms with van der Waals surface area (Å²) in [6.07, 6.45) is 7.14. The van der Waals surface area contributed by atoms with Crippen LogP contribution in [0.2, 0.25) is 0 Å². The predicted octanol–water partition coefficient (Wildman–Crippen LogP) is 2.59. The molecule has 2 fully saturated rings. The first-order valence-corrected chi connectivity index (χ1v) is 9.43. The summed E-state index contributed by atoms with van der Waals surface area (Å²) in [5, 5.41) is 3.05. The van der Waals surface area contributed by atoms with Gasteiger partial charge >= 0.3 is 6.03 Å². The third kappa shape index (κ3) is 5.97. The van der Waals surface area contributed by atoms with Crippen molar-refractivity contribution in [3.63, 3.8) is 0 Å². The Bertz CT molecular complexity index is 512. The first-order valence-electron chi connectivity index (χ1n) is 9.43. The third-order valence-electron chi connectivity index (χ3n) is 5.01. The first kappa shape index (κ1) is 18.1. The Hall–Kier alpha value is -1.66. The molecule has 0 radical (unpaired) electrons.